The first-order valence-electron chi connectivity index (χ1n) is 11.8. The van der Waals surface area contributed by atoms with Crippen LogP contribution in [0.5, 0.6) is 0 Å². The second-order valence-corrected chi connectivity index (χ2v) is 10.7. The number of aromatic nitrogens is 4. The number of anilines is 2. The zero-order chi connectivity index (χ0) is 24.3. The first-order valence-corrected chi connectivity index (χ1v) is 11.8. The number of nitrogens with zero attached hydrogens (tertiary/aromatic N) is 5. The molecule has 9 heteroatoms. The average molecular weight is 464 g/mol. The van der Waals surface area contributed by atoms with Gasteiger partial charge in [-0.1, -0.05) is 0 Å². The van der Waals surface area contributed by atoms with Crippen LogP contribution in [0.3, 0.4) is 0 Å². The molecular weight excluding hydrogens is 430 g/mol. The number of rotatable bonds is 7. The Morgan fingerprint density at radius 3 is 2.76 bits per heavy atom. The number of nitrogens with one attached hydrogen (secondary N) is 1. The van der Waals surface area contributed by atoms with Gasteiger partial charge in [0.2, 0.25) is 0 Å². The number of ether oxygens (including phenoxy) is 1. The zero-order valence-electron chi connectivity index (χ0n) is 20.6. The largest absolute Gasteiger partial charge is 0.456 e. The van der Waals surface area contributed by atoms with E-state index in [0.29, 0.717) is 29.5 Å². The zero-order valence-corrected chi connectivity index (χ0v) is 20.6. The molecule has 0 amide bonds. The van der Waals surface area contributed by atoms with Crippen LogP contribution in [0.25, 0.3) is 10.9 Å². The van der Waals surface area contributed by atoms with Gasteiger partial charge in [0.05, 0.1) is 40.7 Å². The van der Waals surface area contributed by atoms with Crippen molar-refractivity contribution < 1.29 is 9.53 Å². The standard InChI is InChI=1S/C25H33N7O2/c1-24(2)13-18-16(23(33)34-24)8-9-20(28-18)29-21-12-17-19(14-27-21)32(11-10-31(4)5)30-22(17)25(3,26)15-6-7-15/h8-9,12,14-15H,6-7,10-11,13,26H2,1-5H3,(H,27,28,29). The Bertz CT molecular complexity index is 1260. The molecule has 2 aliphatic rings. The minimum atomic E-state index is -0.572. The van der Waals surface area contributed by atoms with E-state index in [1.165, 1.54) is 0 Å². The van der Waals surface area contributed by atoms with E-state index in [1.54, 1.807) is 12.1 Å². The maximum Gasteiger partial charge on any atom is 0.340 e. The first-order chi connectivity index (χ1) is 16.0. The number of likely N-dealkylation sites (N-methyl/N-ethyl adjacent to an activating group) is 1. The highest BCUT2D eigenvalue weighted by molar-refractivity contribution is 5.92. The first kappa shape index (κ1) is 22.7. The highest BCUT2D eigenvalue weighted by atomic mass is 16.6. The minimum absolute atomic E-state index is 0.332. The summed E-state index contributed by atoms with van der Waals surface area (Å²) in [5.41, 5.74) is 8.88. The third-order valence-corrected chi connectivity index (χ3v) is 6.74. The molecule has 4 heterocycles. The van der Waals surface area contributed by atoms with Crippen LogP contribution in [0.15, 0.2) is 24.4 Å². The number of esters is 1. The highest BCUT2D eigenvalue weighted by Crippen LogP contribution is 2.45. The van der Waals surface area contributed by atoms with E-state index in [-0.39, 0.29) is 5.97 Å². The molecule has 1 saturated carbocycles. The van der Waals surface area contributed by atoms with Gasteiger partial charge in [0.25, 0.3) is 0 Å². The van der Waals surface area contributed by atoms with Crippen LogP contribution in [0.4, 0.5) is 11.6 Å². The van der Waals surface area contributed by atoms with Crippen LogP contribution in [-0.2, 0) is 23.2 Å². The van der Waals surface area contributed by atoms with Crippen molar-refractivity contribution in [2.75, 3.05) is 26.0 Å². The molecule has 5 rings (SSSR count). The molecule has 0 saturated heterocycles. The van der Waals surface area contributed by atoms with Crippen molar-refractivity contribution >= 4 is 28.5 Å². The van der Waals surface area contributed by atoms with E-state index in [1.807, 2.05) is 30.8 Å². The summed E-state index contributed by atoms with van der Waals surface area (Å²) in [6.07, 6.45) is 4.68. The third kappa shape index (κ3) is 4.25. The third-order valence-electron chi connectivity index (χ3n) is 6.74. The van der Waals surface area contributed by atoms with Gasteiger partial charge in [0, 0.05) is 18.4 Å². The summed E-state index contributed by atoms with van der Waals surface area (Å²) in [5.74, 6) is 1.41. The van der Waals surface area contributed by atoms with E-state index < -0.39 is 11.1 Å². The van der Waals surface area contributed by atoms with Crippen LogP contribution in [-0.4, -0.2) is 56.9 Å². The number of fused-ring (bicyclic) bond motifs is 2. The lowest BCUT2D eigenvalue weighted by molar-refractivity contribution is -0.00714. The second-order valence-electron chi connectivity index (χ2n) is 10.7. The molecule has 1 aliphatic heterocycles. The molecule has 0 aromatic carbocycles. The number of hydrogen-bond donors (Lipinski definition) is 2. The predicted molar refractivity (Wildman–Crippen MR) is 131 cm³/mol. The normalized spacial score (nSPS) is 19.1. The van der Waals surface area contributed by atoms with Gasteiger partial charge in [0.1, 0.15) is 17.2 Å². The van der Waals surface area contributed by atoms with Crippen molar-refractivity contribution in [1.29, 1.82) is 0 Å². The molecule has 0 bridgehead atoms. The fraction of sp³-hybridized carbons (Fsp3) is 0.520. The molecule has 0 spiro atoms. The maximum absolute atomic E-state index is 12.3. The minimum Gasteiger partial charge on any atom is -0.456 e. The summed E-state index contributed by atoms with van der Waals surface area (Å²) in [5, 5.41) is 9.28. The van der Waals surface area contributed by atoms with E-state index >= 15 is 0 Å². The number of nitrogens with two attached hydrogens (primary N) is 1. The molecule has 0 radical (unpaired) electrons. The van der Waals surface area contributed by atoms with Gasteiger partial charge in [-0.05, 0) is 71.8 Å². The lowest BCUT2D eigenvalue weighted by Crippen LogP contribution is -2.36. The topological polar surface area (TPSA) is 111 Å². The molecule has 180 valence electrons. The van der Waals surface area contributed by atoms with Crippen molar-refractivity contribution in [1.82, 2.24) is 24.6 Å². The predicted octanol–water partition coefficient (Wildman–Crippen LogP) is 3.21. The maximum atomic E-state index is 12.3. The van der Waals surface area contributed by atoms with Gasteiger partial charge >= 0.3 is 5.97 Å². The Morgan fingerprint density at radius 1 is 1.29 bits per heavy atom. The quantitative estimate of drug-likeness (QED) is 0.514. The van der Waals surface area contributed by atoms with Crippen LogP contribution in [0, 0.1) is 5.92 Å². The van der Waals surface area contributed by atoms with Gasteiger partial charge < -0.3 is 20.7 Å². The molecule has 1 unspecified atom stereocenters. The van der Waals surface area contributed by atoms with Gasteiger partial charge in [-0.15, -0.1) is 0 Å². The Morgan fingerprint density at radius 2 is 2.06 bits per heavy atom. The van der Waals surface area contributed by atoms with Gasteiger partial charge in [-0.25, -0.2) is 14.8 Å². The molecule has 9 nitrogen and oxygen atoms in total. The van der Waals surface area contributed by atoms with E-state index in [9.17, 15) is 4.79 Å². The second kappa shape index (κ2) is 8.02. The summed E-state index contributed by atoms with van der Waals surface area (Å²) in [6, 6.07) is 5.55. The summed E-state index contributed by atoms with van der Waals surface area (Å²) < 4.78 is 7.49. The summed E-state index contributed by atoms with van der Waals surface area (Å²) >= 11 is 0. The smallest absolute Gasteiger partial charge is 0.340 e. The Hall–Kier alpha value is -3.04. The average Bonchev–Trinajstić information content (AvgIpc) is 3.54. The van der Waals surface area contributed by atoms with Crippen LogP contribution < -0.4 is 11.1 Å². The van der Waals surface area contributed by atoms with E-state index in [2.05, 4.69) is 36.2 Å². The van der Waals surface area contributed by atoms with E-state index in [0.717, 1.165) is 48.2 Å². The van der Waals surface area contributed by atoms with Crippen molar-refractivity contribution in [2.24, 2.45) is 11.7 Å². The van der Waals surface area contributed by atoms with Crippen molar-refractivity contribution in [3.05, 3.63) is 41.3 Å². The van der Waals surface area contributed by atoms with Gasteiger partial charge in [0.15, 0.2) is 0 Å². The monoisotopic (exact) mass is 463 g/mol. The number of carbonyl (C=O) groups excluding carboxylic acids is 1. The fourth-order valence-electron chi connectivity index (χ4n) is 4.65. The lowest BCUT2D eigenvalue weighted by Gasteiger charge is -2.30. The fourth-order valence-corrected chi connectivity index (χ4v) is 4.65. The molecule has 3 aromatic rings. The molecule has 34 heavy (non-hydrogen) atoms. The summed E-state index contributed by atoms with van der Waals surface area (Å²) in [7, 11) is 4.10. The van der Waals surface area contributed by atoms with Crippen LogP contribution >= 0.6 is 0 Å². The number of hydrogen-bond acceptors (Lipinski definition) is 8. The van der Waals surface area contributed by atoms with Gasteiger partial charge in [-0.3, -0.25) is 4.68 Å². The van der Waals surface area contributed by atoms with Crippen LogP contribution in [0.2, 0.25) is 0 Å². The Kier molecular flexibility index (Phi) is 5.37. The lowest BCUT2D eigenvalue weighted by atomic mass is 9.91. The molecule has 1 aliphatic carbocycles. The number of carbonyl (C=O) groups is 1. The van der Waals surface area contributed by atoms with Crippen molar-refractivity contribution in [3.63, 3.8) is 0 Å². The van der Waals surface area contributed by atoms with Crippen molar-refractivity contribution in [3.8, 4) is 0 Å². The number of pyridine rings is 2. The summed E-state index contributed by atoms with van der Waals surface area (Å²) in [6.45, 7) is 7.51. The SMILES string of the molecule is CN(C)CCn1nc(C(C)(N)C2CC2)c2cc(Nc3ccc4c(n3)CC(C)(C)OC4=O)ncc21. The molecular formula is C25H33N7O2. The van der Waals surface area contributed by atoms with Crippen molar-refractivity contribution in [2.45, 2.75) is 57.7 Å². The number of cyclic esters (lactones) is 1. The summed E-state index contributed by atoms with van der Waals surface area (Å²) in [4.78, 5) is 23.8. The highest BCUT2D eigenvalue weighted by Gasteiger charge is 2.42. The Balaban J connectivity index is 1.50. The van der Waals surface area contributed by atoms with Gasteiger partial charge in [-0.2, -0.15) is 5.10 Å². The van der Waals surface area contributed by atoms with Crippen LogP contribution in [0.1, 0.15) is 55.4 Å². The molecule has 3 aromatic heterocycles. The Labute approximate surface area is 199 Å². The molecule has 1 atom stereocenters. The molecule has 1 fully saturated rings. The van der Waals surface area contributed by atoms with E-state index in [4.69, 9.17) is 20.6 Å². The molecule has 3 N–H and O–H groups in total.